The summed E-state index contributed by atoms with van der Waals surface area (Å²) in [4.78, 5) is 0. The molecule has 4 nitrogen and oxygen atoms in total. The van der Waals surface area contributed by atoms with E-state index in [1.165, 1.54) is 11.4 Å². The van der Waals surface area contributed by atoms with Crippen molar-refractivity contribution in [1.82, 2.24) is 19.6 Å². The summed E-state index contributed by atoms with van der Waals surface area (Å²) in [5.74, 6) is 1.02. The molecule has 0 spiro atoms. The zero-order valence-electron chi connectivity index (χ0n) is 12.4. The summed E-state index contributed by atoms with van der Waals surface area (Å²) in [6, 6.07) is 4.22. The molecule has 2 heterocycles. The minimum atomic E-state index is 0.508. The van der Waals surface area contributed by atoms with Crippen molar-refractivity contribution >= 4 is 0 Å². The van der Waals surface area contributed by atoms with Gasteiger partial charge < -0.3 is 0 Å². The van der Waals surface area contributed by atoms with Crippen molar-refractivity contribution in [2.75, 3.05) is 0 Å². The monoisotopic (exact) mass is 260 g/mol. The topological polar surface area (TPSA) is 35.6 Å². The number of hydrogen-bond donors (Lipinski definition) is 0. The van der Waals surface area contributed by atoms with Gasteiger partial charge in [0.15, 0.2) is 0 Å². The molecule has 0 amide bonds. The van der Waals surface area contributed by atoms with Gasteiger partial charge in [-0.25, -0.2) is 0 Å². The molecule has 4 heteroatoms. The molecule has 1 unspecified atom stereocenters. The summed E-state index contributed by atoms with van der Waals surface area (Å²) in [6.07, 6.45) is 6.37. The molecule has 0 radical (unpaired) electrons. The number of hydrogen-bond acceptors (Lipinski definition) is 2. The second kappa shape index (κ2) is 6.04. The fourth-order valence-electron chi connectivity index (χ4n) is 2.21. The van der Waals surface area contributed by atoms with E-state index in [0.717, 1.165) is 19.4 Å². The first-order valence-corrected chi connectivity index (χ1v) is 7.09. The van der Waals surface area contributed by atoms with E-state index in [1.54, 1.807) is 0 Å². The fourth-order valence-corrected chi connectivity index (χ4v) is 2.21. The van der Waals surface area contributed by atoms with Gasteiger partial charge in [0.1, 0.15) is 0 Å². The van der Waals surface area contributed by atoms with Crippen LogP contribution in [0.1, 0.15) is 56.8 Å². The summed E-state index contributed by atoms with van der Waals surface area (Å²) in [6.45, 7) is 7.58. The van der Waals surface area contributed by atoms with Gasteiger partial charge >= 0.3 is 0 Å². The maximum Gasteiger partial charge on any atom is 0.0652 e. The molecule has 1 atom stereocenters. The molecule has 19 heavy (non-hydrogen) atoms. The van der Waals surface area contributed by atoms with Crippen LogP contribution in [-0.4, -0.2) is 19.6 Å². The first kappa shape index (κ1) is 13.8. The lowest BCUT2D eigenvalue weighted by Gasteiger charge is -2.08. The minimum Gasteiger partial charge on any atom is -0.276 e. The molecular weight excluding hydrogens is 236 g/mol. The lowest BCUT2D eigenvalue weighted by atomic mass is 10.0. The van der Waals surface area contributed by atoms with Crippen LogP contribution in [0.2, 0.25) is 0 Å². The van der Waals surface area contributed by atoms with Gasteiger partial charge in [0.2, 0.25) is 0 Å². The van der Waals surface area contributed by atoms with E-state index in [9.17, 15) is 0 Å². The van der Waals surface area contributed by atoms with Gasteiger partial charge in [-0.1, -0.05) is 20.8 Å². The summed E-state index contributed by atoms with van der Waals surface area (Å²) >= 11 is 0. The SMILES string of the molecule is CC(C)c1ccn(CCCC(C)c2ccn(C)n2)n1. The molecule has 0 aliphatic carbocycles. The van der Waals surface area contributed by atoms with Gasteiger partial charge in [-0.3, -0.25) is 9.36 Å². The normalized spacial score (nSPS) is 13.1. The number of nitrogens with zero attached hydrogens (tertiary/aromatic N) is 4. The van der Waals surface area contributed by atoms with Gasteiger partial charge in [0.25, 0.3) is 0 Å². The second-order valence-corrected chi connectivity index (χ2v) is 5.62. The summed E-state index contributed by atoms with van der Waals surface area (Å²) in [7, 11) is 1.97. The second-order valence-electron chi connectivity index (χ2n) is 5.62. The maximum absolute atomic E-state index is 4.58. The van der Waals surface area contributed by atoms with Crippen LogP contribution in [0.5, 0.6) is 0 Å². The van der Waals surface area contributed by atoms with Crippen LogP contribution in [0.25, 0.3) is 0 Å². The molecule has 0 fully saturated rings. The van der Waals surface area contributed by atoms with Crippen molar-refractivity contribution in [2.45, 2.75) is 52.0 Å². The van der Waals surface area contributed by atoms with E-state index in [-0.39, 0.29) is 0 Å². The number of aromatic nitrogens is 4. The highest BCUT2D eigenvalue weighted by atomic mass is 15.3. The Morgan fingerprint density at radius 2 is 1.79 bits per heavy atom. The Kier molecular flexibility index (Phi) is 4.40. The van der Waals surface area contributed by atoms with Crippen LogP contribution in [0.3, 0.4) is 0 Å². The van der Waals surface area contributed by atoms with Crippen LogP contribution in [-0.2, 0) is 13.6 Å². The lowest BCUT2D eigenvalue weighted by Crippen LogP contribution is -2.03. The van der Waals surface area contributed by atoms with Gasteiger partial charge in [-0.2, -0.15) is 10.2 Å². The minimum absolute atomic E-state index is 0.508. The third-order valence-corrected chi connectivity index (χ3v) is 3.52. The molecule has 0 saturated heterocycles. The van der Waals surface area contributed by atoms with E-state index in [4.69, 9.17) is 0 Å². The lowest BCUT2D eigenvalue weighted by molar-refractivity contribution is 0.514. The molecule has 0 N–H and O–H groups in total. The van der Waals surface area contributed by atoms with E-state index in [2.05, 4.69) is 54.0 Å². The average molecular weight is 260 g/mol. The highest BCUT2D eigenvalue weighted by Crippen LogP contribution is 2.19. The van der Waals surface area contributed by atoms with E-state index < -0.39 is 0 Å². The third kappa shape index (κ3) is 3.69. The van der Waals surface area contributed by atoms with Crippen LogP contribution in [0.4, 0.5) is 0 Å². The average Bonchev–Trinajstić information content (AvgIpc) is 2.98. The Hall–Kier alpha value is -1.58. The first-order valence-electron chi connectivity index (χ1n) is 7.09. The number of aryl methyl sites for hydroxylation is 2. The largest absolute Gasteiger partial charge is 0.276 e. The number of rotatable bonds is 6. The Labute approximate surface area is 115 Å². The van der Waals surface area contributed by atoms with Crippen molar-refractivity contribution in [3.05, 3.63) is 35.9 Å². The zero-order valence-corrected chi connectivity index (χ0v) is 12.4. The fraction of sp³-hybridized carbons (Fsp3) is 0.600. The predicted octanol–water partition coefficient (Wildman–Crippen LogP) is 3.32. The van der Waals surface area contributed by atoms with Crippen molar-refractivity contribution in [1.29, 1.82) is 0 Å². The molecular formula is C15H24N4. The Bertz CT molecular complexity index is 510. The summed E-state index contributed by atoms with van der Waals surface area (Å²) < 4.78 is 3.93. The maximum atomic E-state index is 4.58. The molecule has 0 saturated carbocycles. The van der Waals surface area contributed by atoms with Crippen molar-refractivity contribution in [3.8, 4) is 0 Å². The molecule has 0 aromatic carbocycles. The molecule has 2 aromatic heterocycles. The van der Waals surface area contributed by atoms with Crippen LogP contribution >= 0.6 is 0 Å². The van der Waals surface area contributed by atoms with Gasteiger partial charge in [-0.15, -0.1) is 0 Å². The highest BCUT2D eigenvalue weighted by Gasteiger charge is 2.09. The van der Waals surface area contributed by atoms with E-state index in [0.29, 0.717) is 11.8 Å². The van der Waals surface area contributed by atoms with Crippen LogP contribution in [0.15, 0.2) is 24.5 Å². The van der Waals surface area contributed by atoms with Gasteiger partial charge in [0.05, 0.1) is 11.4 Å². The molecule has 0 bridgehead atoms. The van der Waals surface area contributed by atoms with E-state index >= 15 is 0 Å². The summed E-state index contributed by atoms with van der Waals surface area (Å²) in [5, 5.41) is 9.04. The Morgan fingerprint density at radius 3 is 2.37 bits per heavy atom. The smallest absolute Gasteiger partial charge is 0.0652 e. The van der Waals surface area contributed by atoms with Crippen molar-refractivity contribution < 1.29 is 0 Å². The highest BCUT2D eigenvalue weighted by molar-refractivity contribution is 5.05. The first-order chi connectivity index (χ1) is 9.06. The molecule has 104 valence electrons. The standard InChI is InChI=1S/C15H24N4/c1-12(2)14-8-11-19(17-14)9-5-6-13(3)15-7-10-18(4)16-15/h7-8,10-13H,5-6,9H2,1-4H3. The molecule has 2 rings (SSSR count). The van der Waals surface area contributed by atoms with Crippen molar-refractivity contribution in [3.63, 3.8) is 0 Å². The zero-order chi connectivity index (χ0) is 13.8. The van der Waals surface area contributed by atoms with Gasteiger partial charge in [-0.05, 0) is 30.9 Å². The van der Waals surface area contributed by atoms with Crippen molar-refractivity contribution in [2.24, 2.45) is 7.05 Å². The quantitative estimate of drug-likeness (QED) is 0.798. The third-order valence-electron chi connectivity index (χ3n) is 3.52. The van der Waals surface area contributed by atoms with Crippen LogP contribution < -0.4 is 0 Å². The van der Waals surface area contributed by atoms with E-state index in [1.807, 2.05) is 17.9 Å². The predicted molar refractivity (Wildman–Crippen MR) is 77.2 cm³/mol. The molecule has 2 aromatic rings. The molecule has 0 aliphatic heterocycles. The van der Waals surface area contributed by atoms with Gasteiger partial charge in [0, 0.05) is 31.9 Å². The van der Waals surface area contributed by atoms with Crippen LogP contribution in [0, 0.1) is 0 Å². The summed E-state index contributed by atoms with van der Waals surface area (Å²) in [5.41, 5.74) is 2.36. The Balaban J connectivity index is 1.79. The molecule has 0 aliphatic rings. The Morgan fingerprint density at radius 1 is 1.05 bits per heavy atom.